The molecule has 2 heterocycles. The van der Waals surface area contributed by atoms with Gasteiger partial charge in [-0.1, -0.05) is 39.2 Å². The number of halogens is 5. The largest absolute Gasteiger partial charge is 0.503 e. The number of amides is 4. The molecule has 8 nitrogen and oxygen atoms in total. The highest BCUT2D eigenvalue weighted by molar-refractivity contribution is 9.13. The number of ether oxygens (including phenoxy) is 1. The van der Waals surface area contributed by atoms with Crippen molar-refractivity contribution in [3.8, 4) is 11.5 Å². The minimum atomic E-state index is -1.38. The van der Waals surface area contributed by atoms with Gasteiger partial charge >= 0.3 is 0 Å². The van der Waals surface area contributed by atoms with Gasteiger partial charge in [0.15, 0.2) is 11.5 Å². The van der Waals surface area contributed by atoms with Crippen LogP contribution < -0.4 is 14.5 Å². The molecule has 4 amide bonds. The minimum Gasteiger partial charge on any atom is -0.503 e. The van der Waals surface area contributed by atoms with Crippen molar-refractivity contribution >= 4 is 94.4 Å². The van der Waals surface area contributed by atoms with E-state index >= 15 is 0 Å². The number of carbonyl (C=O) groups is 4. The second-order valence-electron chi connectivity index (χ2n) is 12.4. The first-order valence-electron chi connectivity index (χ1n) is 14.7. The number of anilines is 2. The number of phenolic OH excluding ortho intramolecular Hbond substituents is 1. The van der Waals surface area contributed by atoms with Gasteiger partial charge in [-0.3, -0.25) is 24.1 Å². The van der Waals surface area contributed by atoms with Crippen LogP contribution in [0.5, 0.6) is 11.5 Å². The van der Waals surface area contributed by atoms with Gasteiger partial charge in [-0.05, 0) is 112 Å². The molecule has 2 aliphatic heterocycles. The molecule has 3 aromatic carbocycles. The second-order valence-corrected chi connectivity index (χ2v) is 15.3. The summed E-state index contributed by atoms with van der Waals surface area (Å²) in [6.45, 7) is 1.73. The Balaban J connectivity index is 1.41. The molecule has 2 aliphatic carbocycles. The lowest BCUT2D eigenvalue weighted by atomic mass is 9.51. The molecule has 47 heavy (non-hydrogen) atoms. The highest BCUT2D eigenvalue weighted by Gasteiger charge is 2.68. The van der Waals surface area contributed by atoms with Crippen molar-refractivity contribution in [3.05, 3.63) is 90.0 Å². The third kappa shape index (κ3) is 4.61. The topological polar surface area (TPSA) is 104 Å². The third-order valence-electron chi connectivity index (χ3n) is 10.2. The van der Waals surface area contributed by atoms with Crippen molar-refractivity contribution in [3.63, 3.8) is 0 Å². The van der Waals surface area contributed by atoms with Crippen molar-refractivity contribution in [1.82, 2.24) is 0 Å². The predicted molar refractivity (Wildman–Crippen MR) is 183 cm³/mol. The highest BCUT2D eigenvalue weighted by Crippen LogP contribution is 2.65. The lowest BCUT2D eigenvalue weighted by Gasteiger charge is -2.49. The van der Waals surface area contributed by atoms with Crippen LogP contribution in [0.25, 0.3) is 0 Å². The first kappa shape index (κ1) is 32.5. The van der Waals surface area contributed by atoms with Crippen molar-refractivity contribution < 1.29 is 33.4 Å². The number of imide groups is 2. The van der Waals surface area contributed by atoms with Crippen LogP contribution in [0.1, 0.15) is 31.2 Å². The van der Waals surface area contributed by atoms with E-state index in [-0.39, 0.29) is 51.3 Å². The average Bonchev–Trinajstić information content (AvgIpc) is 3.42. The van der Waals surface area contributed by atoms with Crippen LogP contribution in [-0.2, 0) is 19.2 Å². The molecular weight excluding hydrogens is 827 g/mol. The molecule has 6 unspecified atom stereocenters. The van der Waals surface area contributed by atoms with Crippen molar-refractivity contribution in [2.75, 3.05) is 16.9 Å². The Hall–Kier alpha value is -3.06. The van der Waals surface area contributed by atoms with Crippen LogP contribution in [0.15, 0.2) is 73.6 Å². The molecule has 4 aliphatic rings. The number of aromatic hydroxyl groups is 1. The number of phenols is 1. The Kier molecular flexibility index (Phi) is 7.97. The number of rotatable bonds is 4. The molecule has 1 saturated carbocycles. The Morgan fingerprint density at radius 3 is 2.26 bits per heavy atom. The number of methoxy groups -OCH3 is 1. The zero-order valence-corrected chi connectivity index (χ0v) is 30.3. The molecule has 7 rings (SSSR count). The fraction of sp³-hybridized carbons (Fsp3) is 0.294. The highest BCUT2D eigenvalue weighted by atomic mass is 79.9. The molecule has 13 heteroatoms. The van der Waals surface area contributed by atoms with Gasteiger partial charge in [0.25, 0.3) is 0 Å². The standard InChI is InChI=1S/C34H25Br3ClFN2O6/c1-34-21(31(44)41(33(34)46)16-7-10-23(39)22(38)11-16)12-19-17(26(34)20-13-24(47-2)29(42)28(37)27(20)36)8-9-18-25(19)32(45)40(30(18)43)15-5-3-14(35)4-6-15/h3-8,10-11,13,18-19,21,25-26,42H,9,12H2,1-2H3. The molecule has 0 radical (unpaired) electrons. The van der Waals surface area contributed by atoms with E-state index in [9.17, 15) is 28.7 Å². The van der Waals surface area contributed by atoms with E-state index in [0.29, 0.717) is 15.7 Å². The summed E-state index contributed by atoms with van der Waals surface area (Å²) in [6, 6.07) is 12.2. The van der Waals surface area contributed by atoms with Crippen LogP contribution >= 0.6 is 59.4 Å². The summed E-state index contributed by atoms with van der Waals surface area (Å²) >= 11 is 16.5. The summed E-state index contributed by atoms with van der Waals surface area (Å²) in [6.07, 6.45) is 2.33. The number of allylic oxidation sites excluding steroid dienone is 2. The molecule has 6 atom stereocenters. The van der Waals surface area contributed by atoms with Gasteiger partial charge in [-0.2, -0.15) is 0 Å². The molecule has 242 valence electrons. The number of hydrogen-bond acceptors (Lipinski definition) is 6. The van der Waals surface area contributed by atoms with E-state index in [1.807, 2.05) is 6.08 Å². The van der Waals surface area contributed by atoms with Crippen LogP contribution in [0, 0.1) is 34.9 Å². The molecule has 0 aromatic heterocycles. The van der Waals surface area contributed by atoms with Gasteiger partial charge in [0.1, 0.15) is 5.82 Å². The molecule has 0 spiro atoms. The van der Waals surface area contributed by atoms with Crippen molar-refractivity contribution in [2.45, 2.75) is 25.7 Å². The Morgan fingerprint density at radius 2 is 1.60 bits per heavy atom. The lowest BCUT2D eigenvalue weighted by Crippen LogP contribution is -2.49. The normalized spacial score (nSPS) is 28.3. The van der Waals surface area contributed by atoms with E-state index in [1.54, 1.807) is 37.3 Å². The zero-order chi connectivity index (χ0) is 33.7. The summed E-state index contributed by atoms with van der Waals surface area (Å²) < 4.78 is 21.2. The number of hydrogen-bond donors (Lipinski definition) is 1. The quantitative estimate of drug-likeness (QED) is 0.212. The Morgan fingerprint density at radius 1 is 0.915 bits per heavy atom. The van der Waals surface area contributed by atoms with E-state index in [1.165, 1.54) is 24.1 Å². The first-order valence-corrected chi connectivity index (χ1v) is 17.5. The summed E-state index contributed by atoms with van der Waals surface area (Å²) in [5.41, 5.74) is 0.513. The van der Waals surface area contributed by atoms with E-state index < -0.39 is 52.6 Å². The SMILES string of the molecule is COc1cc(C2C3=CCC4C(=O)N(c5ccc(Br)cc5)C(=O)C4C3CC3C(=O)N(c4ccc(F)c(Cl)c4)C(=O)C32C)c(Br)c(Br)c1O. The number of nitrogens with zero attached hydrogens (tertiary/aromatic N) is 2. The molecule has 1 N–H and O–H groups in total. The Bertz CT molecular complexity index is 1950. The lowest BCUT2D eigenvalue weighted by molar-refractivity contribution is -0.131. The maximum Gasteiger partial charge on any atom is 0.241 e. The maximum absolute atomic E-state index is 14.7. The molecule has 3 aromatic rings. The van der Waals surface area contributed by atoms with Crippen molar-refractivity contribution in [2.24, 2.45) is 29.1 Å². The molecule has 3 fully saturated rings. The Labute approximate surface area is 299 Å². The number of carbonyl (C=O) groups excluding carboxylic acids is 4. The van der Waals surface area contributed by atoms with Crippen molar-refractivity contribution in [1.29, 1.82) is 0 Å². The summed E-state index contributed by atoms with van der Waals surface area (Å²) in [7, 11) is 1.40. The number of fused-ring (bicyclic) bond motifs is 4. The molecule has 2 saturated heterocycles. The average molecular weight is 852 g/mol. The van der Waals surface area contributed by atoms with E-state index in [2.05, 4.69) is 47.8 Å². The fourth-order valence-electron chi connectivity index (χ4n) is 8.05. The first-order chi connectivity index (χ1) is 22.3. The molecule has 0 bridgehead atoms. The van der Waals surface area contributed by atoms with Crippen LogP contribution in [0.4, 0.5) is 15.8 Å². The zero-order valence-electron chi connectivity index (χ0n) is 24.8. The van der Waals surface area contributed by atoms with Gasteiger partial charge < -0.3 is 9.84 Å². The van der Waals surface area contributed by atoms with Crippen LogP contribution in [0.3, 0.4) is 0 Å². The van der Waals surface area contributed by atoms with Crippen LogP contribution in [0.2, 0.25) is 5.02 Å². The minimum absolute atomic E-state index is 0.132. The maximum atomic E-state index is 14.7. The number of benzene rings is 3. The smallest absolute Gasteiger partial charge is 0.241 e. The van der Waals surface area contributed by atoms with Gasteiger partial charge in [0.2, 0.25) is 23.6 Å². The summed E-state index contributed by atoms with van der Waals surface area (Å²) in [4.78, 5) is 59.4. The van der Waals surface area contributed by atoms with E-state index in [0.717, 1.165) is 21.0 Å². The van der Waals surface area contributed by atoms with Gasteiger partial charge in [-0.25, -0.2) is 9.29 Å². The molecular formula is C34H25Br3ClFN2O6. The predicted octanol–water partition coefficient (Wildman–Crippen LogP) is 7.92. The second kappa shape index (κ2) is 11.5. The fourth-order valence-corrected chi connectivity index (χ4v) is 9.45. The van der Waals surface area contributed by atoms with Gasteiger partial charge in [0, 0.05) is 14.9 Å². The monoisotopic (exact) mass is 848 g/mol. The summed E-state index contributed by atoms with van der Waals surface area (Å²) in [5, 5.41) is 10.5. The third-order valence-corrected chi connectivity index (χ3v) is 13.2. The van der Waals surface area contributed by atoms with Gasteiger partial charge in [0.05, 0.1) is 51.1 Å². The van der Waals surface area contributed by atoms with E-state index in [4.69, 9.17) is 16.3 Å². The van der Waals surface area contributed by atoms with Crippen LogP contribution in [-0.4, -0.2) is 35.8 Å². The van der Waals surface area contributed by atoms with Gasteiger partial charge in [-0.15, -0.1) is 0 Å². The summed E-state index contributed by atoms with van der Waals surface area (Å²) in [5.74, 6) is -6.07.